The Balaban J connectivity index is 0.930. The van der Waals surface area contributed by atoms with Gasteiger partial charge in [-0.05, 0) is 207 Å². The molecule has 0 unspecified atom stereocenters. The van der Waals surface area contributed by atoms with Crippen molar-refractivity contribution in [1.29, 1.82) is 0 Å². The van der Waals surface area contributed by atoms with Gasteiger partial charge in [0.25, 0.3) is 0 Å². The van der Waals surface area contributed by atoms with Crippen LogP contribution in [0.1, 0.15) is 105 Å². The van der Waals surface area contributed by atoms with E-state index in [9.17, 15) is 0 Å². The van der Waals surface area contributed by atoms with Crippen molar-refractivity contribution in [3.63, 3.8) is 0 Å². The van der Waals surface area contributed by atoms with Gasteiger partial charge >= 0.3 is 0 Å². The van der Waals surface area contributed by atoms with E-state index in [0.717, 1.165) is 0 Å². The van der Waals surface area contributed by atoms with Crippen molar-refractivity contribution < 1.29 is 0 Å². The highest BCUT2D eigenvalue weighted by molar-refractivity contribution is 6.12. The van der Waals surface area contributed by atoms with Crippen molar-refractivity contribution in [2.45, 2.75) is 105 Å². The number of aromatic nitrogens is 2. The molecule has 13 rings (SSSR count). The standard InChI is InChI=1S/C78H72N2/c1-75(2,3)57-29-35-71-67(43-57)68-44-58(76(4,5)6)30-36-72(68)79(71)61-33-27-51-39-55(25-23-53(51)41-61)65-47-64(50-21-17-14-18-22-50)66(48-63(65)49-19-15-13-16-20-49)56-26-24-54-42-62(34-28-52(54)40-56)80-73-37-31-59(77(7,8)9)45-69(73)70-46-60(78(10,11)12)32-38-74(70)80/h13-48H,1-12H3. The molecular weight excluding hydrogens is 965 g/mol. The molecule has 0 aliphatic carbocycles. The van der Waals surface area contributed by atoms with Crippen LogP contribution in [-0.4, -0.2) is 9.13 Å². The summed E-state index contributed by atoms with van der Waals surface area (Å²) in [7, 11) is 0. The maximum atomic E-state index is 2.47. The van der Waals surface area contributed by atoms with Gasteiger partial charge in [-0.2, -0.15) is 0 Å². The number of rotatable bonds is 6. The van der Waals surface area contributed by atoms with Crippen LogP contribution in [0, 0.1) is 0 Å². The summed E-state index contributed by atoms with van der Waals surface area (Å²) in [6.07, 6.45) is 0. The van der Waals surface area contributed by atoms with Gasteiger partial charge < -0.3 is 9.13 Å². The summed E-state index contributed by atoms with van der Waals surface area (Å²) >= 11 is 0. The molecule has 0 fully saturated rings. The van der Waals surface area contributed by atoms with E-state index in [1.165, 1.54) is 143 Å². The number of hydrogen-bond donors (Lipinski definition) is 0. The second kappa shape index (κ2) is 18.6. The van der Waals surface area contributed by atoms with Crippen molar-refractivity contribution in [1.82, 2.24) is 9.13 Å². The first-order valence-electron chi connectivity index (χ1n) is 28.7. The average molecular weight is 1040 g/mol. The SMILES string of the molecule is CC(C)(C)c1ccc2c(c1)c1cc(C(C)(C)C)ccc1n2-c1ccc2cc(-c3cc(-c4ccccc4)c(-c4ccc5cc(-n6c7ccc(C(C)(C)C)cc7c7cc(C(C)(C)C)ccc76)ccc5c4)cc3-c3ccccc3)ccc2c1. The molecule has 2 nitrogen and oxygen atoms in total. The maximum Gasteiger partial charge on any atom is 0.0541 e. The lowest BCUT2D eigenvalue weighted by Gasteiger charge is -2.19. The molecule has 13 aromatic rings. The Bertz CT molecular complexity index is 4150. The molecule has 0 amide bonds. The first kappa shape index (κ1) is 51.0. The molecule has 11 aromatic carbocycles. The van der Waals surface area contributed by atoms with E-state index in [1.54, 1.807) is 0 Å². The van der Waals surface area contributed by atoms with Crippen molar-refractivity contribution in [2.24, 2.45) is 0 Å². The van der Waals surface area contributed by atoms with Gasteiger partial charge in [-0.15, -0.1) is 0 Å². The monoisotopic (exact) mass is 1040 g/mol. The smallest absolute Gasteiger partial charge is 0.0541 e. The van der Waals surface area contributed by atoms with Crippen molar-refractivity contribution in [3.05, 3.63) is 241 Å². The van der Waals surface area contributed by atoms with Crippen LogP contribution in [0.5, 0.6) is 0 Å². The fourth-order valence-corrected chi connectivity index (χ4v) is 12.3. The first-order chi connectivity index (χ1) is 38.2. The third-order valence-electron chi connectivity index (χ3n) is 17.1. The van der Waals surface area contributed by atoms with Crippen LogP contribution in [0.2, 0.25) is 0 Å². The minimum absolute atomic E-state index is 0.0426. The highest BCUT2D eigenvalue weighted by Crippen LogP contribution is 2.45. The molecule has 2 heterocycles. The van der Waals surface area contributed by atoms with Gasteiger partial charge in [0.2, 0.25) is 0 Å². The average Bonchev–Trinajstić information content (AvgIpc) is 4.06. The van der Waals surface area contributed by atoms with E-state index in [1.807, 2.05) is 0 Å². The van der Waals surface area contributed by atoms with E-state index < -0.39 is 0 Å². The fourth-order valence-electron chi connectivity index (χ4n) is 12.3. The Labute approximate surface area is 473 Å². The van der Waals surface area contributed by atoms with Gasteiger partial charge in [-0.3, -0.25) is 0 Å². The zero-order chi connectivity index (χ0) is 55.6. The molecule has 0 aliphatic heterocycles. The predicted octanol–water partition coefficient (Wildman–Crippen LogP) is 22.0. The van der Waals surface area contributed by atoms with E-state index in [2.05, 4.69) is 311 Å². The van der Waals surface area contributed by atoms with Gasteiger partial charge in [0, 0.05) is 32.9 Å². The van der Waals surface area contributed by atoms with Gasteiger partial charge in [0.1, 0.15) is 0 Å². The Morgan fingerprint density at radius 3 is 0.800 bits per heavy atom. The summed E-state index contributed by atoms with van der Waals surface area (Å²) in [6.45, 7) is 27.7. The zero-order valence-electron chi connectivity index (χ0n) is 48.7. The van der Waals surface area contributed by atoms with Crippen molar-refractivity contribution >= 4 is 65.2 Å². The van der Waals surface area contributed by atoms with Crippen molar-refractivity contribution in [3.8, 4) is 55.9 Å². The Kier molecular flexibility index (Phi) is 11.8. The summed E-state index contributed by atoms with van der Waals surface area (Å²) in [5.41, 5.74) is 22.4. The molecule has 394 valence electrons. The number of nitrogens with zero attached hydrogens (tertiary/aromatic N) is 2. The molecule has 0 N–H and O–H groups in total. The molecule has 80 heavy (non-hydrogen) atoms. The summed E-state index contributed by atoms with van der Waals surface area (Å²) in [6, 6.07) is 83.2. The van der Waals surface area contributed by atoms with Gasteiger partial charge in [0.15, 0.2) is 0 Å². The zero-order valence-corrected chi connectivity index (χ0v) is 48.7. The number of fused-ring (bicyclic) bond motifs is 8. The van der Waals surface area contributed by atoms with Crippen LogP contribution >= 0.6 is 0 Å². The Hall–Kier alpha value is -8.46. The molecule has 0 spiro atoms. The third-order valence-corrected chi connectivity index (χ3v) is 17.1. The van der Waals surface area contributed by atoms with Crippen LogP contribution in [0.15, 0.2) is 218 Å². The highest BCUT2D eigenvalue weighted by atomic mass is 15.0. The van der Waals surface area contributed by atoms with Gasteiger partial charge in [-0.1, -0.05) is 204 Å². The Morgan fingerprint density at radius 2 is 0.500 bits per heavy atom. The minimum Gasteiger partial charge on any atom is -0.309 e. The van der Waals surface area contributed by atoms with Crippen LogP contribution < -0.4 is 0 Å². The van der Waals surface area contributed by atoms with Crippen molar-refractivity contribution in [2.75, 3.05) is 0 Å². The van der Waals surface area contributed by atoms with E-state index in [-0.39, 0.29) is 21.7 Å². The summed E-state index contributed by atoms with van der Waals surface area (Å²) in [5, 5.41) is 10.1. The molecule has 0 aliphatic rings. The molecule has 2 aromatic heterocycles. The summed E-state index contributed by atoms with van der Waals surface area (Å²) < 4.78 is 4.94. The molecule has 0 saturated heterocycles. The normalized spacial score (nSPS) is 12.8. The summed E-state index contributed by atoms with van der Waals surface area (Å²) in [4.78, 5) is 0. The third kappa shape index (κ3) is 8.90. The van der Waals surface area contributed by atoms with Crippen LogP contribution in [0.25, 0.3) is 121 Å². The molecule has 0 radical (unpaired) electrons. The fraction of sp³-hybridized carbons (Fsp3) is 0.205. The minimum atomic E-state index is 0.0426. The topological polar surface area (TPSA) is 9.86 Å². The summed E-state index contributed by atoms with van der Waals surface area (Å²) in [5.74, 6) is 0. The molecule has 0 bridgehead atoms. The molecular formula is C78H72N2. The van der Waals surface area contributed by atoms with Gasteiger partial charge in [-0.25, -0.2) is 0 Å². The molecule has 0 saturated carbocycles. The Morgan fingerprint density at radius 1 is 0.225 bits per heavy atom. The first-order valence-corrected chi connectivity index (χ1v) is 28.7. The lowest BCUT2D eigenvalue weighted by atomic mass is 9.85. The molecule has 2 heteroatoms. The van der Waals surface area contributed by atoms with E-state index in [4.69, 9.17) is 0 Å². The second-order valence-electron chi connectivity index (χ2n) is 26.8. The van der Waals surface area contributed by atoms with Crippen LogP contribution in [-0.2, 0) is 21.7 Å². The van der Waals surface area contributed by atoms with E-state index >= 15 is 0 Å². The number of benzene rings is 11. The predicted molar refractivity (Wildman–Crippen MR) is 347 cm³/mol. The lowest BCUT2D eigenvalue weighted by Crippen LogP contribution is -2.10. The lowest BCUT2D eigenvalue weighted by molar-refractivity contribution is 0.590. The van der Waals surface area contributed by atoms with E-state index in [0.29, 0.717) is 0 Å². The highest BCUT2D eigenvalue weighted by Gasteiger charge is 2.24. The largest absolute Gasteiger partial charge is 0.309 e. The second-order valence-corrected chi connectivity index (χ2v) is 26.8. The number of hydrogen-bond acceptors (Lipinski definition) is 0. The maximum absolute atomic E-state index is 2.47. The van der Waals surface area contributed by atoms with Gasteiger partial charge in [0.05, 0.1) is 22.1 Å². The van der Waals surface area contributed by atoms with Crippen LogP contribution in [0.4, 0.5) is 0 Å². The molecule has 0 atom stereocenters. The quantitative estimate of drug-likeness (QED) is 0.157. The van der Waals surface area contributed by atoms with Crippen LogP contribution in [0.3, 0.4) is 0 Å².